The predicted octanol–water partition coefficient (Wildman–Crippen LogP) is 3.26. The number of hydrogen-bond acceptors (Lipinski definition) is 4. The molecule has 0 saturated heterocycles. The van der Waals surface area contributed by atoms with E-state index >= 15 is 0 Å². The number of nitrogens with one attached hydrogen (secondary N) is 2. The third kappa shape index (κ3) is 4.04. The van der Waals surface area contributed by atoms with Crippen LogP contribution in [0.3, 0.4) is 0 Å². The summed E-state index contributed by atoms with van der Waals surface area (Å²) in [6.45, 7) is 8.36. The molecule has 0 fully saturated rings. The first-order chi connectivity index (χ1) is 12.2. The second-order valence-corrected chi connectivity index (χ2v) is 7.50. The lowest BCUT2D eigenvalue weighted by molar-refractivity contribution is 0.0224. The topological polar surface area (TPSA) is 87.3 Å². The van der Waals surface area contributed by atoms with Gasteiger partial charge >= 0.3 is 6.09 Å². The van der Waals surface area contributed by atoms with Crippen molar-refractivity contribution in [3.8, 4) is 0 Å². The van der Waals surface area contributed by atoms with E-state index < -0.39 is 5.60 Å². The molecule has 0 bridgehead atoms. The zero-order chi connectivity index (χ0) is 18.9. The molecule has 26 heavy (non-hydrogen) atoms. The van der Waals surface area contributed by atoms with E-state index in [4.69, 9.17) is 4.74 Å². The van der Waals surface area contributed by atoms with Gasteiger partial charge in [-0.1, -0.05) is 17.7 Å². The highest BCUT2D eigenvalue weighted by Crippen LogP contribution is 2.25. The molecule has 0 radical (unpaired) electrons. The largest absolute Gasteiger partial charge is 0.444 e. The second-order valence-electron chi connectivity index (χ2n) is 7.50. The highest BCUT2D eigenvalue weighted by molar-refractivity contribution is 6.04. The Hall–Kier alpha value is -2.83. The minimum absolute atomic E-state index is 0.225. The number of aromatic amines is 1. The molecule has 1 aliphatic heterocycles. The number of carbonyl (C=O) groups excluding carboxylic acids is 2. The van der Waals surface area contributed by atoms with Crippen LogP contribution in [0, 0.1) is 6.92 Å². The van der Waals surface area contributed by atoms with Crippen LogP contribution in [0.1, 0.15) is 48.0 Å². The van der Waals surface area contributed by atoms with E-state index in [0.29, 0.717) is 30.9 Å². The summed E-state index contributed by atoms with van der Waals surface area (Å²) in [6, 6.07) is 7.36. The van der Waals surface area contributed by atoms with Gasteiger partial charge in [-0.05, 0) is 39.8 Å². The summed E-state index contributed by atoms with van der Waals surface area (Å²) in [5.41, 5.74) is 2.79. The number of benzene rings is 1. The van der Waals surface area contributed by atoms with Crippen LogP contribution >= 0.6 is 0 Å². The maximum atomic E-state index is 12.5. The summed E-state index contributed by atoms with van der Waals surface area (Å²) in [5.74, 6) is 0.233. The molecule has 2 heterocycles. The minimum atomic E-state index is -0.546. The van der Waals surface area contributed by atoms with Crippen LogP contribution in [0.15, 0.2) is 24.3 Å². The van der Waals surface area contributed by atoms with Gasteiger partial charge in [-0.2, -0.15) is 5.10 Å². The Balaban J connectivity index is 1.74. The van der Waals surface area contributed by atoms with Crippen LogP contribution in [-0.4, -0.2) is 39.2 Å². The van der Waals surface area contributed by atoms with Crippen LogP contribution < -0.4 is 5.32 Å². The summed E-state index contributed by atoms with van der Waals surface area (Å²) in [7, 11) is 0. The van der Waals surface area contributed by atoms with Gasteiger partial charge in [0.1, 0.15) is 5.60 Å². The number of fused-ring (bicyclic) bond motifs is 1. The van der Waals surface area contributed by atoms with E-state index in [9.17, 15) is 9.59 Å². The van der Waals surface area contributed by atoms with Gasteiger partial charge in [0.25, 0.3) is 5.91 Å². The molecule has 7 nitrogen and oxygen atoms in total. The first-order valence-electron chi connectivity index (χ1n) is 8.65. The number of H-pyrrole nitrogens is 1. The van der Waals surface area contributed by atoms with Crippen molar-refractivity contribution in [2.75, 3.05) is 11.9 Å². The lowest BCUT2D eigenvalue weighted by Crippen LogP contribution is -2.40. The highest BCUT2D eigenvalue weighted by atomic mass is 16.6. The van der Waals surface area contributed by atoms with E-state index in [-0.39, 0.29) is 12.0 Å². The summed E-state index contributed by atoms with van der Waals surface area (Å²) < 4.78 is 5.44. The van der Waals surface area contributed by atoms with Gasteiger partial charge in [-0.25, -0.2) is 4.79 Å². The SMILES string of the molecule is Cc1cccc(C(=O)Nc2n[nH]c3c2CN(C(=O)OC(C)(C)C)CC3)c1. The van der Waals surface area contributed by atoms with Crippen LogP contribution in [0.5, 0.6) is 0 Å². The molecule has 2 aromatic rings. The van der Waals surface area contributed by atoms with Crippen molar-refractivity contribution in [3.05, 3.63) is 46.6 Å². The van der Waals surface area contributed by atoms with E-state index in [1.807, 2.05) is 45.9 Å². The number of amides is 2. The van der Waals surface area contributed by atoms with Crippen molar-refractivity contribution in [1.82, 2.24) is 15.1 Å². The number of carbonyl (C=O) groups is 2. The molecule has 1 aliphatic rings. The predicted molar refractivity (Wildman–Crippen MR) is 98.1 cm³/mol. The number of hydrogen-bond donors (Lipinski definition) is 2. The van der Waals surface area contributed by atoms with Gasteiger partial charge in [0, 0.05) is 29.8 Å². The molecular formula is C19H24N4O3. The van der Waals surface area contributed by atoms with Gasteiger partial charge in [-0.15, -0.1) is 0 Å². The van der Waals surface area contributed by atoms with Crippen LogP contribution in [0.4, 0.5) is 10.6 Å². The molecule has 7 heteroatoms. The lowest BCUT2D eigenvalue weighted by Gasteiger charge is -2.30. The quantitative estimate of drug-likeness (QED) is 0.864. The molecule has 1 aromatic carbocycles. The van der Waals surface area contributed by atoms with Gasteiger partial charge < -0.3 is 15.0 Å². The van der Waals surface area contributed by atoms with E-state index in [2.05, 4.69) is 15.5 Å². The third-order valence-corrected chi connectivity index (χ3v) is 4.10. The van der Waals surface area contributed by atoms with Crippen molar-refractivity contribution in [3.63, 3.8) is 0 Å². The van der Waals surface area contributed by atoms with Gasteiger partial charge in [0.15, 0.2) is 5.82 Å². The number of ether oxygens (including phenoxy) is 1. The number of aromatic nitrogens is 2. The standard InChI is InChI=1S/C19H24N4O3/c1-12-6-5-7-13(10-12)17(24)20-16-14-11-23(9-8-15(14)21-22-16)18(25)26-19(2,3)4/h5-7,10H,8-9,11H2,1-4H3,(H2,20,21,22,24). The summed E-state index contributed by atoms with van der Waals surface area (Å²) in [6.07, 6.45) is 0.280. The number of nitrogens with zero attached hydrogens (tertiary/aromatic N) is 2. The summed E-state index contributed by atoms with van der Waals surface area (Å²) >= 11 is 0. The Morgan fingerprint density at radius 3 is 2.77 bits per heavy atom. The van der Waals surface area contributed by atoms with E-state index in [1.165, 1.54) is 0 Å². The maximum absolute atomic E-state index is 12.5. The fourth-order valence-electron chi connectivity index (χ4n) is 2.85. The molecule has 0 unspecified atom stereocenters. The van der Waals surface area contributed by atoms with Gasteiger partial charge in [0.05, 0.1) is 6.54 Å². The molecule has 0 atom stereocenters. The summed E-state index contributed by atoms with van der Waals surface area (Å²) in [4.78, 5) is 26.4. The minimum Gasteiger partial charge on any atom is -0.444 e. The highest BCUT2D eigenvalue weighted by Gasteiger charge is 2.29. The average Bonchev–Trinajstić information content (AvgIpc) is 2.95. The molecule has 2 amide bonds. The average molecular weight is 356 g/mol. The molecular weight excluding hydrogens is 332 g/mol. The van der Waals surface area contributed by atoms with E-state index in [1.54, 1.807) is 11.0 Å². The van der Waals surface area contributed by atoms with Crippen molar-refractivity contribution in [2.45, 2.75) is 46.3 Å². The monoisotopic (exact) mass is 356 g/mol. The second kappa shape index (κ2) is 6.82. The zero-order valence-corrected chi connectivity index (χ0v) is 15.5. The first-order valence-corrected chi connectivity index (χ1v) is 8.65. The first kappa shape index (κ1) is 18.0. The van der Waals surface area contributed by atoms with Crippen molar-refractivity contribution in [1.29, 1.82) is 0 Å². The Morgan fingerprint density at radius 2 is 2.08 bits per heavy atom. The molecule has 0 saturated carbocycles. The molecule has 0 spiro atoms. The number of anilines is 1. The normalized spacial score (nSPS) is 13.9. The van der Waals surface area contributed by atoms with Crippen LogP contribution in [0.25, 0.3) is 0 Å². The number of aryl methyl sites for hydroxylation is 1. The van der Waals surface area contributed by atoms with Gasteiger partial charge in [0.2, 0.25) is 0 Å². The van der Waals surface area contributed by atoms with Gasteiger partial charge in [-0.3, -0.25) is 9.89 Å². The molecule has 138 valence electrons. The van der Waals surface area contributed by atoms with Crippen molar-refractivity contribution < 1.29 is 14.3 Å². The Kier molecular flexibility index (Phi) is 4.71. The molecule has 0 aliphatic carbocycles. The smallest absolute Gasteiger partial charge is 0.410 e. The van der Waals surface area contributed by atoms with Crippen LogP contribution in [0.2, 0.25) is 0 Å². The summed E-state index contributed by atoms with van der Waals surface area (Å²) in [5, 5.41) is 10.0. The fraction of sp³-hybridized carbons (Fsp3) is 0.421. The Bertz CT molecular complexity index is 836. The fourth-order valence-corrected chi connectivity index (χ4v) is 2.85. The Morgan fingerprint density at radius 1 is 1.31 bits per heavy atom. The Labute approximate surface area is 152 Å². The van der Waals surface area contributed by atoms with E-state index in [0.717, 1.165) is 16.8 Å². The number of rotatable bonds is 2. The molecule has 3 rings (SSSR count). The molecule has 1 aromatic heterocycles. The zero-order valence-electron chi connectivity index (χ0n) is 15.5. The molecule has 2 N–H and O–H groups in total. The lowest BCUT2D eigenvalue weighted by atomic mass is 10.1. The third-order valence-electron chi connectivity index (χ3n) is 4.10. The van der Waals surface area contributed by atoms with Crippen molar-refractivity contribution in [2.24, 2.45) is 0 Å². The van der Waals surface area contributed by atoms with Crippen molar-refractivity contribution >= 4 is 17.8 Å². The maximum Gasteiger partial charge on any atom is 0.410 e. The van der Waals surface area contributed by atoms with Crippen LogP contribution in [-0.2, 0) is 17.7 Å².